The third-order valence-corrected chi connectivity index (χ3v) is 6.56. The number of rotatable bonds is 14. The molecule has 1 atom stereocenters. The quantitative estimate of drug-likeness (QED) is 0.119. The van der Waals surface area contributed by atoms with Crippen molar-refractivity contribution >= 4 is 41.3 Å². The number of hydroxylamine groups is 2. The van der Waals surface area contributed by atoms with E-state index in [1.807, 2.05) is 0 Å². The summed E-state index contributed by atoms with van der Waals surface area (Å²) >= 11 is 0. The lowest BCUT2D eigenvalue weighted by atomic mass is 9.68. The molecule has 1 aromatic rings. The smallest absolute Gasteiger partial charge is 0.348 e. The number of imide groups is 1. The number of amides is 6. The molecule has 39 heavy (non-hydrogen) atoms. The van der Waals surface area contributed by atoms with Gasteiger partial charge in [-0.05, 0) is 43.4 Å². The first-order valence-electron chi connectivity index (χ1n) is 12.8. The minimum Gasteiger partial charge on any atom is -0.375 e. The average Bonchev–Trinajstić information content (AvgIpc) is 3.18. The highest BCUT2D eigenvalue weighted by Crippen LogP contribution is 2.42. The molecule has 7 N–H and O–H groups in total. The molecule has 0 radical (unpaired) electrons. The molecule has 6 amide bonds. The highest BCUT2D eigenvalue weighted by atomic mass is 16.7. The number of hydrogen-bond acceptors (Lipinski definition) is 9. The summed E-state index contributed by atoms with van der Waals surface area (Å²) in [6, 6.07) is 5.61. The number of nitrogens with two attached hydrogens (primary N) is 2. The third kappa shape index (κ3) is 7.97. The van der Waals surface area contributed by atoms with Crippen LogP contribution in [0, 0.1) is 5.41 Å². The van der Waals surface area contributed by atoms with Gasteiger partial charge in [0.15, 0.2) is 0 Å². The molecule has 2 fully saturated rings. The first kappa shape index (κ1) is 29.5. The Morgan fingerprint density at radius 1 is 1.00 bits per heavy atom. The van der Waals surface area contributed by atoms with Gasteiger partial charge in [-0.1, -0.05) is 18.6 Å². The van der Waals surface area contributed by atoms with Crippen molar-refractivity contribution in [3.8, 4) is 0 Å². The summed E-state index contributed by atoms with van der Waals surface area (Å²) in [6.45, 7) is 0.919. The summed E-state index contributed by atoms with van der Waals surface area (Å²) in [7, 11) is 0. The molecule has 1 saturated carbocycles. The number of anilines is 1. The van der Waals surface area contributed by atoms with Crippen molar-refractivity contribution in [2.75, 3.05) is 25.0 Å². The Bertz CT molecular complexity index is 1070. The Morgan fingerprint density at radius 3 is 2.26 bits per heavy atom. The minimum atomic E-state index is -1.41. The maximum absolute atomic E-state index is 12.7. The lowest BCUT2D eigenvalue weighted by molar-refractivity contribution is -0.209. The van der Waals surface area contributed by atoms with E-state index < -0.39 is 41.2 Å². The first-order chi connectivity index (χ1) is 18.6. The standard InChI is InChI=1S/C25H34N6O8/c26-18(3-1-12-29-24(27)37)21(34)30-17-6-4-16(5-7-17)15-38-14-13-28-22(35)25(10-2-11-25)23(36)39-31-19(32)8-9-20(31)33/h4-7,18H,1-3,8-15,26H2,(H,28,35)(H,30,34)(H3,27,29,37)/t18-/m0/s1. The molecule has 0 spiro atoms. The number of ether oxygens (including phenoxy) is 1. The van der Waals surface area contributed by atoms with E-state index in [2.05, 4.69) is 16.0 Å². The molecule has 1 saturated heterocycles. The normalized spacial score (nSPS) is 16.7. The molecule has 1 heterocycles. The van der Waals surface area contributed by atoms with Gasteiger partial charge in [0.1, 0.15) is 5.41 Å². The highest BCUT2D eigenvalue weighted by molar-refractivity contribution is 6.06. The summed E-state index contributed by atoms with van der Waals surface area (Å²) in [6.07, 6.45) is 2.05. The van der Waals surface area contributed by atoms with E-state index in [1.54, 1.807) is 24.3 Å². The van der Waals surface area contributed by atoms with Crippen molar-refractivity contribution in [1.29, 1.82) is 0 Å². The van der Waals surface area contributed by atoms with Gasteiger partial charge in [0.2, 0.25) is 11.8 Å². The van der Waals surface area contributed by atoms with Gasteiger partial charge in [0, 0.05) is 31.6 Å². The van der Waals surface area contributed by atoms with Crippen molar-refractivity contribution in [2.24, 2.45) is 16.9 Å². The summed E-state index contributed by atoms with van der Waals surface area (Å²) in [5.41, 5.74) is 10.8. The maximum Gasteiger partial charge on any atom is 0.348 e. The number of nitrogens with zero attached hydrogens (tertiary/aromatic N) is 1. The molecule has 14 heteroatoms. The van der Waals surface area contributed by atoms with Crippen LogP contribution in [0.25, 0.3) is 0 Å². The Balaban J connectivity index is 1.35. The van der Waals surface area contributed by atoms with Crippen molar-refractivity contribution in [3.63, 3.8) is 0 Å². The van der Waals surface area contributed by atoms with Crippen LogP contribution in [0.5, 0.6) is 0 Å². The Labute approximate surface area is 225 Å². The molecule has 2 aliphatic rings. The first-order valence-corrected chi connectivity index (χ1v) is 12.8. The lowest BCUT2D eigenvalue weighted by Crippen LogP contribution is -2.54. The van der Waals surface area contributed by atoms with Crippen LogP contribution >= 0.6 is 0 Å². The topological polar surface area (TPSA) is 212 Å². The SMILES string of the molecule is NC(=O)NCCC[C@H](N)C(=O)Nc1ccc(COCCNC(=O)C2(C(=O)ON3C(=O)CCC3=O)CCC2)cc1. The third-order valence-electron chi connectivity index (χ3n) is 6.56. The molecular weight excluding hydrogens is 512 g/mol. The van der Waals surface area contributed by atoms with Crippen LogP contribution in [0.3, 0.4) is 0 Å². The fourth-order valence-electron chi connectivity index (χ4n) is 4.06. The summed E-state index contributed by atoms with van der Waals surface area (Å²) in [5, 5.41) is 8.28. The molecule has 0 bridgehead atoms. The monoisotopic (exact) mass is 546 g/mol. The van der Waals surface area contributed by atoms with Crippen molar-refractivity contribution in [1.82, 2.24) is 15.7 Å². The molecule has 1 aliphatic heterocycles. The van der Waals surface area contributed by atoms with Crippen LogP contribution in [-0.2, 0) is 40.2 Å². The van der Waals surface area contributed by atoms with Gasteiger partial charge < -0.3 is 37.0 Å². The number of nitrogens with one attached hydrogen (secondary N) is 3. The molecule has 1 aliphatic carbocycles. The van der Waals surface area contributed by atoms with E-state index in [-0.39, 0.29) is 51.3 Å². The van der Waals surface area contributed by atoms with Crippen LogP contribution in [0.1, 0.15) is 50.5 Å². The molecule has 0 unspecified atom stereocenters. The Morgan fingerprint density at radius 2 is 1.67 bits per heavy atom. The number of urea groups is 1. The maximum atomic E-state index is 12.7. The number of hydrogen-bond donors (Lipinski definition) is 5. The Hall–Kier alpha value is -4.04. The zero-order valence-corrected chi connectivity index (χ0v) is 21.5. The number of carbonyl (C=O) groups is 6. The molecule has 0 aromatic heterocycles. The summed E-state index contributed by atoms with van der Waals surface area (Å²) < 4.78 is 5.59. The predicted octanol–water partition coefficient (Wildman–Crippen LogP) is -0.189. The van der Waals surface area contributed by atoms with Crippen LogP contribution in [0.2, 0.25) is 0 Å². The average molecular weight is 547 g/mol. The van der Waals surface area contributed by atoms with Gasteiger partial charge in [0.25, 0.3) is 11.8 Å². The number of benzene rings is 1. The second kappa shape index (κ2) is 13.7. The van der Waals surface area contributed by atoms with Crippen LogP contribution in [0.15, 0.2) is 24.3 Å². The van der Waals surface area contributed by atoms with E-state index in [4.69, 9.17) is 21.0 Å². The molecule has 1 aromatic carbocycles. The van der Waals surface area contributed by atoms with E-state index in [1.165, 1.54) is 0 Å². The second-order valence-corrected chi connectivity index (χ2v) is 9.43. The zero-order valence-electron chi connectivity index (χ0n) is 21.5. The fourth-order valence-corrected chi connectivity index (χ4v) is 4.06. The zero-order chi connectivity index (χ0) is 28.4. The van der Waals surface area contributed by atoms with Gasteiger partial charge in [-0.25, -0.2) is 9.59 Å². The Kier molecular flexibility index (Phi) is 10.3. The molecule has 212 valence electrons. The lowest BCUT2D eigenvalue weighted by Gasteiger charge is -2.37. The summed E-state index contributed by atoms with van der Waals surface area (Å²) in [5.74, 6) is -2.96. The van der Waals surface area contributed by atoms with Gasteiger partial charge >= 0.3 is 12.0 Å². The second-order valence-electron chi connectivity index (χ2n) is 9.43. The summed E-state index contributed by atoms with van der Waals surface area (Å²) in [4.78, 5) is 76.6. The van der Waals surface area contributed by atoms with E-state index in [0.717, 1.165) is 5.56 Å². The van der Waals surface area contributed by atoms with E-state index in [9.17, 15) is 28.8 Å². The fraction of sp³-hybridized carbons (Fsp3) is 0.520. The molecule has 14 nitrogen and oxygen atoms in total. The van der Waals surface area contributed by atoms with Gasteiger partial charge in [-0.3, -0.25) is 19.2 Å². The van der Waals surface area contributed by atoms with Crippen molar-refractivity contribution < 1.29 is 38.3 Å². The largest absolute Gasteiger partial charge is 0.375 e. The number of carbonyl (C=O) groups excluding carboxylic acids is 6. The highest BCUT2D eigenvalue weighted by Gasteiger charge is 2.54. The van der Waals surface area contributed by atoms with Crippen LogP contribution in [-0.4, -0.2) is 66.4 Å². The van der Waals surface area contributed by atoms with Crippen molar-refractivity contribution in [3.05, 3.63) is 29.8 Å². The van der Waals surface area contributed by atoms with Crippen LogP contribution < -0.4 is 27.4 Å². The van der Waals surface area contributed by atoms with Gasteiger partial charge in [0.05, 0.1) is 19.3 Å². The number of primary amides is 1. The van der Waals surface area contributed by atoms with Gasteiger partial charge in [-0.15, -0.1) is 5.06 Å². The predicted molar refractivity (Wildman–Crippen MR) is 136 cm³/mol. The molecule has 3 rings (SSSR count). The minimum absolute atomic E-state index is 0.0208. The van der Waals surface area contributed by atoms with Crippen LogP contribution in [0.4, 0.5) is 10.5 Å². The van der Waals surface area contributed by atoms with Gasteiger partial charge in [-0.2, -0.15) is 0 Å². The van der Waals surface area contributed by atoms with E-state index in [0.29, 0.717) is 36.6 Å². The van der Waals surface area contributed by atoms with E-state index >= 15 is 0 Å². The van der Waals surface area contributed by atoms with Crippen molar-refractivity contribution in [2.45, 2.75) is 57.6 Å². The molecular formula is C25H34N6O8.